The van der Waals surface area contributed by atoms with E-state index in [1.165, 1.54) is 10.6 Å². The van der Waals surface area contributed by atoms with E-state index in [0.717, 1.165) is 18.4 Å². The number of nitrogens with zero attached hydrogens (tertiary/aromatic N) is 6. The van der Waals surface area contributed by atoms with Gasteiger partial charge in [0.15, 0.2) is 5.82 Å². The molecule has 1 aromatic carbocycles. The Bertz CT molecular complexity index is 1700. The minimum Gasteiger partial charge on any atom is -0.392 e. The fourth-order valence-corrected chi connectivity index (χ4v) is 5.06. The van der Waals surface area contributed by atoms with Crippen molar-refractivity contribution in [2.24, 2.45) is 13.0 Å². The number of pyridine rings is 1. The molecule has 10 nitrogen and oxygen atoms in total. The number of aryl methyl sites for hydroxylation is 1. The van der Waals surface area contributed by atoms with Crippen LogP contribution in [0.3, 0.4) is 0 Å². The summed E-state index contributed by atoms with van der Waals surface area (Å²) in [5.41, 5.74) is 8.72. The lowest BCUT2D eigenvalue weighted by molar-refractivity contribution is 0.335. The maximum absolute atomic E-state index is 15.2. The Morgan fingerprint density at radius 2 is 2.05 bits per heavy atom. The van der Waals surface area contributed by atoms with Crippen LogP contribution in [-0.2, 0) is 7.05 Å². The molecule has 1 saturated carbocycles. The number of aliphatic hydroxyl groups is 1. The van der Waals surface area contributed by atoms with E-state index in [2.05, 4.69) is 25.4 Å². The van der Waals surface area contributed by atoms with Crippen LogP contribution in [0.5, 0.6) is 0 Å². The molecule has 194 valence electrons. The molecular weight excluding hydrogens is 487 g/mol. The van der Waals surface area contributed by atoms with Gasteiger partial charge in [-0.15, -0.1) is 0 Å². The molecular formula is C27H27FN8O2. The van der Waals surface area contributed by atoms with E-state index in [0.29, 0.717) is 40.3 Å². The maximum Gasteiger partial charge on any atom is 0.265 e. The van der Waals surface area contributed by atoms with Crippen LogP contribution in [0.4, 0.5) is 22.0 Å². The van der Waals surface area contributed by atoms with Crippen LogP contribution in [0.2, 0.25) is 0 Å². The number of allylic oxidation sites excluding steroid dienone is 2. The van der Waals surface area contributed by atoms with Gasteiger partial charge in [-0.3, -0.25) is 14.0 Å². The molecule has 0 saturated heterocycles. The van der Waals surface area contributed by atoms with E-state index in [-0.39, 0.29) is 35.6 Å². The summed E-state index contributed by atoms with van der Waals surface area (Å²) in [6.45, 7) is 1.61. The topological polar surface area (TPSA) is 137 Å². The van der Waals surface area contributed by atoms with Crippen molar-refractivity contribution >= 4 is 39.6 Å². The number of nitrogens with two attached hydrogens (primary N) is 1. The average molecular weight is 515 g/mol. The van der Waals surface area contributed by atoms with Crippen molar-refractivity contribution in [3.8, 4) is 0 Å². The molecule has 0 spiro atoms. The molecule has 11 heteroatoms. The molecule has 4 N–H and O–H groups in total. The van der Waals surface area contributed by atoms with E-state index in [1.807, 2.05) is 19.1 Å². The average Bonchev–Trinajstić information content (AvgIpc) is 3.65. The molecule has 38 heavy (non-hydrogen) atoms. The second-order valence-electron chi connectivity index (χ2n) is 9.95. The highest BCUT2D eigenvalue weighted by atomic mass is 19.1. The Morgan fingerprint density at radius 1 is 1.24 bits per heavy atom. The molecule has 3 heterocycles. The molecule has 0 amide bonds. The summed E-state index contributed by atoms with van der Waals surface area (Å²) < 4.78 is 18.2. The normalized spacial score (nSPS) is 17.7. The summed E-state index contributed by atoms with van der Waals surface area (Å²) in [5.74, 6) is 0.299. The number of hydrogen-bond acceptors (Lipinski definition) is 8. The fraction of sp³-hybridized carbons (Fsp3) is 0.296. The summed E-state index contributed by atoms with van der Waals surface area (Å²) >= 11 is 0. The van der Waals surface area contributed by atoms with Crippen molar-refractivity contribution in [3.05, 3.63) is 76.0 Å². The van der Waals surface area contributed by atoms with Crippen molar-refractivity contribution in [2.45, 2.75) is 32.1 Å². The predicted octanol–water partition coefficient (Wildman–Crippen LogP) is 3.59. The number of halogens is 1. The third-order valence-electron chi connectivity index (χ3n) is 6.97. The van der Waals surface area contributed by atoms with Crippen LogP contribution in [0.15, 0.2) is 53.2 Å². The fourth-order valence-electron chi connectivity index (χ4n) is 5.06. The zero-order chi connectivity index (χ0) is 26.6. The second-order valence-corrected chi connectivity index (χ2v) is 9.95. The van der Waals surface area contributed by atoms with Crippen LogP contribution in [-0.4, -0.2) is 41.0 Å². The lowest BCUT2D eigenvalue weighted by Gasteiger charge is -2.25. The van der Waals surface area contributed by atoms with Crippen molar-refractivity contribution in [3.63, 3.8) is 0 Å². The number of nitrogen functional groups attached to an aromatic ring is 1. The van der Waals surface area contributed by atoms with Crippen LogP contribution in [0, 0.1) is 11.7 Å². The second kappa shape index (κ2) is 9.18. The first-order valence-electron chi connectivity index (χ1n) is 12.5. The lowest BCUT2D eigenvalue weighted by atomic mass is 9.88. The summed E-state index contributed by atoms with van der Waals surface area (Å²) in [5, 5.41) is 18.3. The molecule has 2 aliphatic carbocycles. The third-order valence-corrected chi connectivity index (χ3v) is 6.97. The van der Waals surface area contributed by atoms with Gasteiger partial charge in [0.2, 0.25) is 11.9 Å². The van der Waals surface area contributed by atoms with E-state index >= 15 is 4.39 Å². The van der Waals surface area contributed by atoms with Gasteiger partial charge < -0.3 is 16.2 Å². The molecule has 3 aromatic heterocycles. The summed E-state index contributed by atoms with van der Waals surface area (Å²) in [6.07, 6.45) is 9.53. The number of nitrogens with one attached hydrogen (secondary N) is 1. The van der Waals surface area contributed by atoms with Gasteiger partial charge in [-0.1, -0.05) is 19.1 Å². The van der Waals surface area contributed by atoms with Crippen LogP contribution < -0.4 is 16.6 Å². The predicted molar refractivity (Wildman–Crippen MR) is 143 cm³/mol. The molecule has 6 rings (SSSR count). The highest BCUT2D eigenvalue weighted by Gasteiger charge is 2.27. The first-order chi connectivity index (χ1) is 18.3. The van der Waals surface area contributed by atoms with E-state index in [4.69, 9.17) is 5.73 Å². The number of anilines is 3. The first kappa shape index (κ1) is 24.0. The van der Waals surface area contributed by atoms with Crippen molar-refractivity contribution in [1.29, 1.82) is 0 Å². The summed E-state index contributed by atoms with van der Waals surface area (Å²) in [6, 6.07) is 5.14. The van der Waals surface area contributed by atoms with Gasteiger partial charge in [0.1, 0.15) is 5.82 Å². The Hall–Kier alpha value is -4.38. The zero-order valence-corrected chi connectivity index (χ0v) is 21.0. The largest absolute Gasteiger partial charge is 0.392 e. The maximum atomic E-state index is 15.2. The molecule has 4 aromatic rings. The Labute approximate surface area is 217 Å². The number of benzene rings is 1. The van der Waals surface area contributed by atoms with Crippen molar-refractivity contribution in [1.82, 2.24) is 29.3 Å². The van der Waals surface area contributed by atoms with Gasteiger partial charge in [-0.25, -0.2) is 4.39 Å². The quantitative estimate of drug-likeness (QED) is 0.355. The molecule has 1 unspecified atom stereocenters. The Balaban J connectivity index is 1.45. The van der Waals surface area contributed by atoms with E-state index in [1.54, 1.807) is 36.4 Å². The Morgan fingerprint density at radius 3 is 2.76 bits per heavy atom. The molecule has 0 radical (unpaired) electrons. The minimum absolute atomic E-state index is 0.00392. The Kier molecular flexibility index (Phi) is 5.79. The monoisotopic (exact) mass is 514 g/mol. The number of aliphatic hydroxyl groups excluding tert-OH is 1. The van der Waals surface area contributed by atoms with Crippen molar-refractivity contribution in [2.75, 3.05) is 17.7 Å². The number of aromatic nitrogens is 6. The van der Waals surface area contributed by atoms with Crippen molar-refractivity contribution < 1.29 is 9.50 Å². The minimum atomic E-state index is -0.522. The zero-order valence-electron chi connectivity index (χ0n) is 21.0. The standard InChI is InChI=1S/C27H27FN8O2/c1-14-7-19(24-32-26(29)34-27(33-24)31-18-11-30-35(2)12-18)20(13-37)22(8-14)36-6-5-16-9-17(15-3-4-15)10-21(28)23(16)25(36)38/h5-7,9-12,14-15,37H,3-4,8,13H2,1-2H3,(H3,29,31,32,33,34). The van der Waals surface area contributed by atoms with Crippen LogP contribution in [0.25, 0.3) is 22.0 Å². The molecule has 1 atom stereocenters. The summed E-state index contributed by atoms with van der Waals surface area (Å²) in [7, 11) is 1.79. The van der Waals surface area contributed by atoms with Crippen LogP contribution in [0.1, 0.15) is 43.5 Å². The van der Waals surface area contributed by atoms with Crippen LogP contribution >= 0.6 is 0 Å². The third kappa shape index (κ3) is 4.34. The van der Waals surface area contributed by atoms with Gasteiger partial charge in [0, 0.05) is 36.3 Å². The first-order valence-corrected chi connectivity index (χ1v) is 12.5. The lowest BCUT2D eigenvalue weighted by Crippen LogP contribution is -2.24. The summed E-state index contributed by atoms with van der Waals surface area (Å²) in [4.78, 5) is 26.6. The van der Waals surface area contributed by atoms with Gasteiger partial charge in [0.05, 0.1) is 23.9 Å². The van der Waals surface area contributed by atoms with Gasteiger partial charge in [-0.05, 0) is 54.2 Å². The molecule has 0 bridgehead atoms. The van der Waals surface area contributed by atoms with E-state index in [9.17, 15) is 9.90 Å². The molecule has 0 aliphatic heterocycles. The van der Waals surface area contributed by atoms with Gasteiger partial charge >= 0.3 is 0 Å². The molecule has 1 fully saturated rings. The number of fused-ring (bicyclic) bond motifs is 1. The smallest absolute Gasteiger partial charge is 0.265 e. The number of hydrogen-bond donors (Lipinski definition) is 3. The number of rotatable bonds is 6. The highest BCUT2D eigenvalue weighted by molar-refractivity contribution is 5.88. The molecule has 2 aliphatic rings. The van der Waals surface area contributed by atoms with Gasteiger partial charge in [-0.2, -0.15) is 20.1 Å². The SMILES string of the molecule is CC1C=C(c2nc(N)nc(Nc3cnn(C)c3)n2)C(CO)=C(n2ccc3cc(C4CC4)cc(F)c3c2=O)C1. The van der Waals surface area contributed by atoms with E-state index < -0.39 is 11.4 Å². The van der Waals surface area contributed by atoms with Gasteiger partial charge in [0.25, 0.3) is 5.56 Å². The highest BCUT2D eigenvalue weighted by Crippen LogP contribution is 2.41.